The second-order valence-electron chi connectivity index (χ2n) is 2.43. The van der Waals surface area contributed by atoms with Crippen molar-refractivity contribution in [3.63, 3.8) is 0 Å². The van der Waals surface area contributed by atoms with Crippen molar-refractivity contribution in [2.75, 3.05) is 33.4 Å². The fourth-order valence-corrected chi connectivity index (χ4v) is 0.819. The average molecular weight is 197 g/mol. The predicted octanol–water partition coefficient (Wildman–Crippen LogP) is -0.281. The van der Waals surface area contributed by atoms with Gasteiger partial charge in [-0.2, -0.15) is 0 Å². The van der Waals surface area contributed by atoms with E-state index in [0.717, 1.165) is 4.90 Å². The number of carbonyl (C=O) groups is 1. The van der Waals surface area contributed by atoms with Gasteiger partial charge in [0, 0.05) is 6.54 Å². The first-order chi connectivity index (χ1) is 6.10. The highest BCUT2D eigenvalue weighted by molar-refractivity contribution is 5.71. The molecular formula is C7H13F2NO3. The van der Waals surface area contributed by atoms with Crippen LogP contribution in [0.5, 0.6) is 0 Å². The number of hydrogen-bond donors (Lipinski definition) is 1. The molecule has 0 saturated carbocycles. The van der Waals surface area contributed by atoms with E-state index < -0.39 is 18.9 Å². The van der Waals surface area contributed by atoms with Crippen molar-refractivity contribution >= 4 is 5.97 Å². The number of ether oxygens (including phenoxy) is 1. The van der Waals surface area contributed by atoms with E-state index in [1.807, 2.05) is 0 Å². The smallest absolute Gasteiger partial charge is 0.319 e. The molecule has 0 amide bonds. The van der Waals surface area contributed by atoms with Gasteiger partial charge in [-0.3, -0.25) is 9.69 Å². The van der Waals surface area contributed by atoms with E-state index in [0.29, 0.717) is 0 Å². The third-order valence-electron chi connectivity index (χ3n) is 1.39. The summed E-state index contributed by atoms with van der Waals surface area (Å²) in [5, 5.41) is 8.50. The highest BCUT2D eigenvalue weighted by atomic mass is 19.3. The molecule has 0 bridgehead atoms. The Balaban J connectivity index is 3.86. The van der Waals surface area contributed by atoms with Gasteiger partial charge in [0.25, 0.3) is 6.43 Å². The topological polar surface area (TPSA) is 49.8 Å². The van der Waals surface area contributed by atoms with Crippen LogP contribution >= 0.6 is 0 Å². The molecule has 4 nitrogen and oxygen atoms in total. The fraction of sp³-hybridized carbons (Fsp3) is 0.857. The monoisotopic (exact) mass is 197 g/mol. The third kappa shape index (κ3) is 6.41. The second-order valence-corrected chi connectivity index (χ2v) is 2.43. The van der Waals surface area contributed by atoms with Crippen molar-refractivity contribution < 1.29 is 23.4 Å². The van der Waals surface area contributed by atoms with E-state index in [-0.39, 0.29) is 19.7 Å². The number of methoxy groups -OCH3 is 1. The van der Waals surface area contributed by atoms with Crippen molar-refractivity contribution in [2.24, 2.45) is 0 Å². The van der Waals surface area contributed by atoms with Gasteiger partial charge in [0.15, 0.2) is 0 Å². The van der Waals surface area contributed by atoms with E-state index >= 15 is 0 Å². The Labute approximate surface area is 75.1 Å². The van der Waals surface area contributed by atoms with E-state index in [1.54, 1.807) is 0 Å². The number of aliphatic hydroxyl groups is 1. The first kappa shape index (κ1) is 12.2. The molecule has 0 unspecified atom stereocenters. The summed E-state index contributed by atoms with van der Waals surface area (Å²) in [6, 6.07) is 0. The SMILES string of the molecule is COC(=O)CN(CCO)CC(F)F. The number of hydrogen-bond acceptors (Lipinski definition) is 4. The standard InChI is InChI=1S/C7H13F2NO3/c1-13-7(12)5-10(2-3-11)4-6(8)9/h6,11H,2-5H2,1H3. The zero-order valence-corrected chi connectivity index (χ0v) is 7.37. The summed E-state index contributed by atoms with van der Waals surface area (Å²) >= 11 is 0. The van der Waals surface area contributed by atoms with E-state index in [1.165, 1.54) is 7.11 Å². The Morgan fingerprint density at radius 3 is 2.62 bits per heavy atom. The van der Waals surface area contributed by atoms with Crippen molar-refractivity contribution in [2.45, 2.75) is 6.43 Å². The summed E-state index contributed by atoms with van der Waals surface area (Å²) in [4.78, 5) is 11.8. The van der Waals surface area contributed by atoms with Crippen LogP contribution in [0.25, 0.3) is 0 Å². The lowest BCUT2D eigenvalue weighted by atomic mass is 10.4. The number of carbonyl (C=O) groups excluding carboxylic acids is 1. The molecule has 1 N–H and O–H groups in total. The molecule has 0 radical (unpaired) electrons. The first-order valence-corrected chi connectivity index (χ1v) is 3.78. The van der Waals surface area contributed by atoms with Crippen LogP contribution in [-0.4, -0.2) is 55.8 Å². The van der Waals surface area contributed by atoms with Crippen LogP contribution < -0.4 is 0 Å². The normalized spacial score (nSPS) is 10.9. The van der Waals surface area contributed by atoms with E-state index in [9.17, 15) is 13.6 Å². The Bertz CT molecular complexity index is 155. The van der Waals surface area contributed by atoms with Gasteiger partial charge in [-0.1, -0.05) is 0 Å². The lowest BCUT2D eigenvalue weighted by molar-refractivity contribution is -0.142. The molecule has 0 fully saturated rings. The van der Waals surface area contributed by atoms with Crippen LogP contribution in [0.3, 0.4) is 0 Å². The number of alkyl halides is 2. The Kier molecular flexibility index (Phi) is 6.34. The molecule has 0 atom stereocenters. The van der Waals surface area contributed by atoms with Crippen LogP contribution in [0, 0.1) is 0 Å². The van der Waals surface area contributed by atoms with Gasteiger partial charge in [-0.25, -0.2) is 8.78 Å². The molecule has 0 spiro atoms. The maximum absolute atomic E-state index is 11.9. The highest BCUT2D eigenvalue weighted by Crippen LogP contribution is 1.97. The van der Waals surface area contributed by atoms with Gasteiger partial charge in [0.2, 0.25) is 0 Å². The van der Waals surface area contributed by atoms with Gasteiger partial charge in [-0.05, 0) is 0 Å². The molecule has 0 heterocycles. The molecule has 6 heteroatoms. The van der Waals surface area contributed by atoms with E-state index in [4.69, 9.17) is 5.11 Å². The molecule has 0 aliphatic carbocycles. The van der Waals surface area contributed by atoms with Crippen LogP contribution in [-0.2, 0) is 9.53 Å². The average Bonchev–Trinajstić information content (AvgIpc) is 2.03. The first-order valence-electron chi connectivity index (χ1n) is 3.78. The summed E-state index contributed by atoms with van der Waals surface area (Å²) in [5.74, 6) is -0.589. The Morgan fingerprint density at radius 1 is 1.62 bits per heavy atom. The fourth-order valence-electron chi connectivity index (χ4n) is 0.819. The number of nitrogens with zero attached hydrogens (tertiary/aromatic N) is 1. The van der Waals surface area contributed by atoms with Gasteiger partial charge in [0.1, 0.15) is 0 Å². The molecule has 13 heavy (non-hydrogen) atoms. The van der Waals surface area contributed by atoms with Gasteiger partial charge in [-0.15, -0.1) is 0 Å². The number of esters is 1. The summed E-state index contributed by atoms with van der Waals surface area (Å²) in [6.45, 7) is -0.972. The van der Waals surface area contributed by atoms with Crippen LogP contribution in [0.15, 0.2) is 0 Å². The molecule has 0 aromatic heterocycles. The predicted molar refractivity (Wildman–Crippen MR) is 41.5 cm³/mol. The zero-order chi connectivity index (χ0) is 10.3. The van der Waals surface area contributed by atoms with Crippen molar-refractivity contribution in [3.05, 3.63) is 0 Å². The largest absolute Gasteiger partial charge is 0.468 e. The second kappa shape index (κ2) is 6.73. The third-order valence-corrected chi connectivity index (χ3v) is 1.39. The minimum Gasteiger partial charge on any atom is -0.468 e. The molecule has 0 aliphatic heterocycles. The number of rotatable bonds is 6. The molecule has 0 aliphatic rings. The molecule has 0 saturated heterocycles. The lowest BCUT2D eigenvalue weighted by Gasteiger charge is -2.18. The van der Waals surface area contributed by atoms with Gasteiger partial charge in [0.05, 0.1) is 26.8 Å². The molecule has 0 aromatic carbocycles. The van der Waals surface area contributed by atoms with Crippen molar-refractivity contribution in [3.8, 4) is 0 Å². The highest BCUT2D eigenvalue weighted by Gasteiger charge is 2.14. The summed E-state index contributed by atoms with van der Waals surface area (Å²) in [6.07, 6.45) is -2.52. The maximum Gasteiger partial charge on any atom is 0.319 e. The van der Waals surface area contributed by atoms with Crippen molar-refractivity contribution in [1.82, 2.24) is 4.90 Å². The van der Waals surface area contributed by atoms with Crippen LogP contribution in [0.1, 0.15) is 0 Å². The van der Waals surface area contributed by atoms with E-state index in [2.05, 4.69) is 4.74 Å². The van der Waals surface area contributed by atoms with Crippen LogP contribution in [0.4, 0.5) is 8.78 Å². The molecular weight excluding hydrogens is 184 g/mol. The van der Waals surface area contributed by atoms with Gasteiger partial charge >= 0.3 is 5.97 Å². The summed E-state index contributed by atoms with van der Waals surface area (Å²) in [5.41, 5.74) is 0. The quantitative estimate of drug-likeness (QED) is 0.595. The summed E-state index contributed by atoms with van der Waals surface area (Å²) < 4.78 is 28.1. The molecule has 0 aromatic rings. The summed E-state index contributed by atoms with van der Waals surface area (Å²) in [7, 11) is 1.18. The molecule has 0 rings (SSSR count). The number of aliphatic hydroxyl groups excluding tert-OH is 1. The number of halogens is 2. The minimum atomic E-state index is -2.52. The maximum atomic E-state index is 11.9. The Hall–Kier alpha value is -0.750. The van der Waals surface area contributed by atoms with Crippen LogP contribution in [0.2, 0.25) is 0 Å². The minimum absolute atomic E-state index is 0.0411. The molecule has 78 valence electrons. The lowest BCUT2D eigenvalue weighted by Crippen LogP contribution is -2.36. The van der Waals surface area contributed by atoms with Crippen molar-refractivity contribution in [1.29, 1.82) is 0 Å². The zero-order valence-electron chi connectivity index (χ0n) is 7.37. The Morgan fingerprint density at radius 2 is 2.23 bits per heavy atom. The van der Waals surface area contributed by atoms with Gasteiger partial charge < -0.3 is 9.84 Å².